The molecule has 0 bridgehead atoms. The summed E-state index contributed by atoms with van der Waals surface area (Å²) in [6, 6.07) is 9.91. The second-order valence-electron chi connectivity index (χ2n) is 4.48. The van der Waals surface area contributed by atoms with Crippen molar-refractivity contribution >= 4 is 15.9 Å². The van der Waals surface area contributed by atoms with Gasteiger partial charge in [-0.1, -0.05) is 47.1 Å². The molecule has 0 aliphatic carbocycles. The van der Waals surface area contributed by atoms with E-state index < -0.39 is 0 Å². The molecule has 2 rings (SSSR count). The number of rotatable bonds is 3. The zero-order chi connectivity index (χ0) is 13.1. The molecule has 0 aliphatic heterocycles. The third-order valence-electron chi connectivity index (χ3n) is 2.48. The number of hydrogen-bond acceptors (Lipinski definition) is 3. The predicted molar refractivity (Wildman–Crippen MR) is 72.7 cm³/mol. The average Bonchev–Trinajstić information content (AvgIpc) is 2.71. The van der Waals surface area contributed by atoms with E-state index in [9.17, 15) is 0 Å². The van der Waals surface area contributed by atoms with Crippen LogP contribution in [0.3, 0.4) is 0 Å². The van der Waals surface area contributed by atoms with Gasteiger partial charge in [0, 0.05) is 16.6 Å². The molecule has 92 valence electrons. The molecule has 0 spiro atoms. The molecule has 0 aliphatic rings. The first-order valence-corrected chi connectivity index (χ1v) is 6.50. The molecule has 0 amide bonds. The molecular weight excluding hydrogens is 292 g/mol. The van der Waals surface area contributed by atoms with Gasteiger partial charge in [-0.3, -0.25) is 0 Å². The smallest absolute Gasteiger partial charge is 0.190 e. The summed E-state index contributed by atoms with van der Waals surface area (Å²) in [5.74, 6) is 0.448. The van der Waals surface area contributed by atoms with Gasteiger partial charge in [0.2, 0.25) is 0 Å². The molecule has 18 heavy (non-hydrogen) atoms. The molecule has 1 aromatic carbocycles. The molecule has 4 nitrogen and oxygen atoms in total. The van der Waals surface area contributed by atoms with Crippen molar-refractivity contribution in [2.75, 3.05) is 0 Å². The molecule has 0 saturated carbocycles. The van der Waals surface area contributed by atoms with Crippen molar-refractivity contribution in [1.82, 2.24) is 15.0 Å². The van der Waals surface area contributed by atoms with Crippen molar-refractivity contribution in [3.05, 3.63) is 34.4 Å². The summed E-state index contributed by atoms with van der Waals surface area (Å²) in [7, 11) is 0. The van der Waals surface area contributed by atoms with Gasteiger partial charge in [0.15, 0.2) is 5.69 Å². The van der Waals surface area contributed by atoms with Gasteiger partial charge >= 0.3 is 0 Å². The lowest BCUT2D eigenvalue weighted by atomic mass is 10.1. The Morgan fingerprint density at radius 1 is 1.44 bits per heavy atom. The number of aromatic nitrogens is 3. The summed E-state index contributed by atoms with van der Waals surface area (Å²) in [6.07, 6.45) is 0. The first kappa shape index (κ1) is 12.8. The van der Waals surface area contributed by atoms with Crippen molar-refractivity contribution in [3.8, 4) is 17.3 Å². The topological polar surface area (TPSA) is 54.5 Å². The summed E-state index contributed by atoms with van der Waals surface area (Å²) in [5.41, 5.74) is 2.10. The van der Waals surface area contributed by atoms with E-state index in [1.165, 1.54) is 0 Å². The predicted octanol–water partition coefficient (Wildman–Crippen LogP) is 3.24. The van der Waals surface area contributed by atoms with Crippen LogP contribution >= 0.6 is 15.9 Å². The Labute approximate surface area is 114 Å². The molecule has 1 aromatic heterocycles. The molecule has 0 saturated heterocycles. The van der Waals surface area contributed by atoms with E-state index in [1.807, 2.05) is 24.3 Å². The van der Waals surface area contributed by atoms with Gasteiger partial charge < -0.3 is 0 Å². The minimum atomic E-state index is 0.369. The number of nitriles is 1. The summed E-state index contributed by atoms with van der Waals surface area (Å²) < 4.78 is 2.77. The van der Waals surface area contributed by atoms with Crippen molar-refractivity contribution in [2.24, 2.45) is 5.92 Å². The Morgan fingerprint density at radius 2 is 2.22 bits per heavy atom. The highest BCUT2D eigenvalue weighted by atomic mass is 79.9. The van der Waals surface area contributed by atoms with E-state index in [2.05, 4.69) is 46.2 Å². The lowest BCUT2D eigenvalue weighted by molar-refractivity contribution is 0.475. The lowest BCUT2D eigenvalue weighted by Crippen LogP contribution is -2.08. The van der Waals surface area contributed by atoms with Crippen molar-refractivity contribution in [3.63, 3.8) is 0 Å². The summed E-state index contributed by atoms with van der Waals surface area (Å²) in [5, 5.41) is 17.1. The van der Waals surface area contributed by atoms with Gasteiger partial charge in [-0.25, -0.2) is 4.68 Å². The van der Waals surface area contributed by atoms with Crippen molar-refractivity contribution < 1.29 is 0 Å². The quantitative estimate of drug-likeness (QED) is 0.874. The fourth-order valence-corrected chi connectivity index (χ4v) is 2.18. The zero-order valence-corrected chi connectivity index (χ0v) is 11.8. The Kier molecular flexibility index (Phi) is 3.78. The largest absolute Gasteiger partial charge is 0.243 e. The third kappa shape index (κ3) is 2.59. The van der Waals surface area contributed by atoms with E-state index in [0.29, 0.717) is 11.6 Å². The van der Waals surface area contributed by atoms with Crippen LogP contribution in [0.1, 0.15) is 19.5 Å². The minimum absolute atomic E-state index is 0.369. The van der Waals surface area contributed by atoms with Crippen LogP contribution < -0.4 is 0 Å². The van der Waals surface area contributed by atoms with E-state index in [1.54, 1.807) is 4.68 Å². The Hall–Kier alpha value is -1.67. The van der Waals surface area contributed by atoms with Crippen LogP contribution in [0, 0.1) is 17.2 Å². The first-order valence-electron chi connectivity index (χ1n) is 5.71. The molecule has 0 radical (unpaired) electrons. The van der Waals surface area contributed by atoms with Crippen molar-refractivity contribution in [1.29, 1.82) is 5.26 Å². The maximum atomic E-state index is 9.12. The number of hydrogen-bond donors (Lipinski definition) is 0. The van der Waals surface area contributed by atoms with Gasteiger partial charge in [-0.05, 0) is 18.1 Å². The summed E-state index contributed by atoms with van der Waals surface area (Å²) >= 11 is 3.44. The van der Waals surface area contributed by atoms with E-state index >= 15 is 0 Å². The van der Waals surface area contributed by atoms with Crippen LogP contribution in [-0.2, 0) is 6.54 Å². The standard InChI is InChI=1S/C13H13BrN4/c1-9(2)8-18-13(12(7-15)16-17-18)10-4-3-5-11(14)6-10/h3-6,9H,8H2,1-2H3. The normalized spacial score (nSPS) is 10.6. The Balaban J connectivity index is 2.54. The lowest BCUT2D eigenvalue weighted by Gasteiger charge is -2.09. The average molecular weight is 305 g/mol. The zero-order valence-electron chi connectivity index (χ0n) is 10.3. The molecular formula is C13H13BrN4. The minimum Gasteiger partial charge on any atom is -0.243 e. The van der Waals surface area contributed by atoms with Gasteiger partial charge in [0.25, 0.3) is 0 Å². The number of halogens is 1. The number of nitrogens with zero attached hydrogens (tertiary/aromatic N) is 4. The molecule has 0 N–H and O–H groups in total. The van der Waals surface area contributed by atoms with Crippen LogP contribution in [0.4, 0.5) is 0 Å². The van der Waals surface area contributed by atoms with Gasteiger partial charge in [-0.2, -0.15) is 5.26 Å². The second-order valence-corrected chi connectivity index (χ2v) is 5.40. The van der Waals surface area contributed by atoms with E-state index in [-0.39, 0.29) is 0 Å². The molecule has 0 atom stereocenters. The molecule has 5 heteroatoms. The summed E-state index contributed by atoms with van der Waals surface area (Å²) in [6.45, 7) is 4.97. The van der Waals surface area contributed by atoms with Crippen molar-refractivity contribution in [2.45, 2.75) is 20.4 Å². The van der Waals surface area contributed by atoms with Crippen LogP contribution in [-0.4, -0.2) is 15.0 Å². The SMILES string of the molecule is CC(C)Cn1nnc(C#N)c1-c1cccc(Br)c1. The van der Waals surface area contributed by atoms with Gasteiger partial charge in [-0.15, -0.1) is 5.10 Å². The summed E-state index contributed by atoms with van der Waals surface area (Å²) in [4.78, 5) is 0. The molecule has 1 heterocycles. The molecule has 2 aromatic rings. The maximum Gasteiger partial charge on any atom is 0.190 e. The highest BCUT2D eigenvalue weighted by Gasteiger charge is 2.15. The van der Waals surface area contributed by atoms with Crippen LogP contribution in [0.5, 0.6) is 0 Å². The monoisotopic (exact) mass is 304 g/mol. The van der Waals surface area contributed by atoms with Crippen LogP contribution in [0.2, 0.25) is 0 Å². The highest BCUT2D eigenvalue weighted by molar-refractivity contribution is 9.10. The van der Waals surface area contributed by atoms with Gasteiger partial charge in [0.05, 0.1) is 0 Å². The van der Waals surface area contributed by atoms with Crippen LogP contribution in [0.25, 0.3) is 11.3 Å². The molecule has 0 fully saturated rings. The second kappa shape index (κ2) is 5.32. The third-order valence-corrected chi connectivity index (χ3v) is 2.97. The Morgan fingerprint density at radius 3 is 2.83 bits per heavy atom. The van der Waals surface area contributed by atoms with E-state index in [4.69, 9.17) is 5.26 Å². The van der Waals surface area contributed by atoms with Crippen LogP contribution in [0.15, 0.2) is 28.7 Å². The maximum absolute atomic E-state index is 9.12. The molecule has 0 unspecified atom stereocenters. The highest BCUT2D eigenvalue weighted by Crippen LogP contribution is 2.25. The fraction of sp³-hybridized carbons (Fsp3) is 0.308. The van der Waals surface area contributed by atoms with Gasteiger partial charge in [0.1, 0.15) is 11.8 Å². The Bertz CT molecular complexity index is 595. The van der Waals surface area contributed by atoms with E-state index in [0.717, 1.165) is 22.3 Å². The number of benzene rings is 1. The fourth-order valence-electron chi connectivity index (χ4n) is 1.78. The first-order chi connectivity index (χ1) is 8.61.